The minimum absolute atomic E-state index is 0.000118. The Morgan fingerprint density at radius 1 is 0.342 bits per heavy atom. The van der Waals surface area contributed by atoms with Gasteiger partial charge in [0, 0.05) is 34.4 Å². The van der Waals surface area contributed by atoms with E-state index in [1.165, 1.54) is 140 Å². The maximum atomic E-state index is 11.1. The van der Waals surface area contributed by atoms with Crippen LogP contribution in [0.5, 0.6) is 23.0 Å². The average molecular weight is 1010 g/mol. The second kappa shape index (κ2) is 23.6. The Kier molecular flexibility index (Phi) is 15.7. The number of aromatic nitrogens is 6. The quantitative estimate of drug-likeness (QED) is 0.0900. The molecule has 8 aromatic rings. The molecule has 3 N–H and O–H groups in total. The molecule has 2 aromatic heterocycles. The summed E-state index contributed by atoms with van der Waals surface area (Å²) in [5, 5.41) is 31.4. The van der Waals surface area contributed by atoms with Gasteiger partial charge in [-0.05, 0) is 202 Å². The van der Waals surface area contributed by atoms with Crippen molar-refractivity contribution in [1.82, 2.24) is 29.9 Å². The third-order valence-corrected chi connectivity index (χ3v) is 15.9. The Labute approximate surface area is 447 Å². The molecule has 10 nitrogen and oxygen atoms in total. The van der Waals surface area contributed by atoms with Gasteiger partial charge in [0.25, 0.3) is 0 Å². The zero-order valence-corrected chi connectivity index (χ0v) is 44.1. The number of aromatic hydroxyl groups is 3. The normalized spacial score (nSPS) is 14.6. The number of hydrogen-bond donors (Lipinski definition) is 3. The van der Waals surface area contributed by atoms with E-state index in [1.807, 2.05) is 12.1 Å². The van der Waals surface area contributed by atoms with Gasteiger partial charge in [-0.3, -0.25) is 0 Å². The molecule has 2 heterocycles. The topological polar surface area (TPSA) is 147 Å². The van der Waals surface area contributed by atoms with E-state index in [4.69, 9.17) is 34.6 Å². The fraction of sp³-hybridized carbons (Fsp3) is 0.364. The summed E-state index contributed by atoms with van der Waals surface area (Å²) < 4.78 is 5.96. The number of ether oxygens (including phenoxy) is 1. The maximum absolute atomic E-state index is 11.1. The van der Waals surface area contributed by atoms with Gasteiger partial charge in [-0.15, -0.1) is 0 Å². The second-order valence-electron chi connectivity index (χ2n) is 21.4. The van der Waals surface area contributed by atoms with Crippen molar-refractivity contribution in [2.75, 3.05) is 6.61 Å². The van der Waals surface area contributed by atoms with Gasteiger partial charge in [0.05, 0.1) is 17.7 Å². The predicted molar refractivity (Wildman–Crippen MR) is 303 cm³/mol. The van der Waals surface area contributed by atoms with Crippen LogP contribution in [0, 0.1) is 0 Å². The fourth-order valence-corrected chi connectivity index (χ4v) is 11.6. The minimum Gasteiger partial charge on any atom is -0.508 e. The Balaban J connectivity index is 0.000000166. The van der Waals surface area contributed by atoms with Crippen molar-refractivity contribution in [3.05, 3.63) is 154 Å². The molecule has 12 rings (SSSR count). The number of phenolic OH excluding ortho intramolecular Hbond substituents is 3. The lowest BCUT2D eigenvalue weighted by molar-refractivity contribution is 0.303. The van der Waals surface area contributed by atoms with Crippen LogP contribution in [0.15, 0.2) is 109 Å². The average Bonchev–Trinajstić information content (AvgIpc) is 3.47. The van der Waals surface area contributed by atoms with Crippen molar-refractivity contribution in [2.24, 2.45) is 0 Å². The Hall–Kier alpha value is -7.46. The van der Waals surface area contributed by atoms with Crippen LogP contribution >= 0.6 is 0 Å². The number of fused-ring (bicyclic) bond motifs is 4. The Morgan fingerprint density at radius 3 is 1.07 bits per heavy atom. The van der Waals surface area contributed by atoms with Crippen LogP contribution in [0.2, 0.25) is 0 Å². The fourth-order valence-electron chi connectivity index (χ4n) is 11.6. The van der Waals surface area contributed by atoms with E-state index in [0.29, 0.717) is 58.4 Å². The highest BCUT2D eigenvalue weighted by Gasteiger charge is 2.21. The molecule has 0 aliphatic heterocycles. The molecule has 0 saturated heterocycles. The summed E-state index contributed by atoms with van der Waals surface area (Å²) in [5.74, 6) is 4.08. The van der Waals surface area contributed by atoms with Gasteiger partial charge >= 0.3 is 0 Å². The van der Waals surface area contributed by atoms with Crippen molar-refractivity contribution in [3.8, 4) is 91.3 Å². The molecule has 0 fully saturated rings. The summed E-state index contributed by atoms with van der Waals surface area (Å²) in [6.45, 7) is 2.89. The molecule has 0 amide bonds. The zero-order valence-electron chi connectivity index (χ0n) is 44.1. The van der Waals surface area contributed by atoms with E-state index in [2.05, 4.69) is 79.7 Å². The van der Waals surface area contributed by atoms with Gasteiger partial charge < -0.3 is 20.1 Å². The first-order valence-electron chi connectivity index (χ1n) is 28.3. The van der Waals surface area contributed by atoms with Crippen molar-refractivity contribution in [3.63, 3.8) is 0 Å². The molecule has 10 heteroatoms. The second-order valence-corrected chi connectivity index (χ2v) is 21.4. The molecule has 76 heavy (non-hydrogen) atoms. The van der Waals surface area contributed by atoms with E-state index < -0.39 is 0 Å². The van der Waals surface area contributed by atoms with E-state index in [0.717, 1.165) is 80.0 Å². The van der Waals surface area contributed by atoms with Gasteiger partial charge in [0.15, 0.2) is 34.9 Å². The summed E-state index contributed by atoms with van der Waals surface area (Å²) in [7, 11) is 0. The van der Waals surface area contributed by atoms with Crippen LogP contribution in [0.3, 0.4) is 0 Å². The number of nitrogens with zero attached hydrogens (tertiary/aromatic N) is 6. The largest absolute Gasteiger partial charge is 0.508 e. The van der Waals surface area contributed by atoms with E-state index in [-0.39, 0.29) is 17.2 Å². The number of aryl methyl sites for hydroxylation is 8. The SMILES string of the molecule is CCCCCCCCOc1ccc(-c2nc(-c3ccc4c(c3)CCCC4)nc(-c3ccc4c(c3)CCCC4)n2)c(O)c1.Oc1ccc(-c2nc(-c3ccc4c(c3)CCCC4)nc(-c3ccc4c(c3)CCCC4)n2)c(O)c1. The minimum atomic E-state index is -0.0565. The van der Waals surface area contributed by atoms with Crippen molar-refractivity contribution < 1.29 is 20.1 Å². The van der Waals surface area contributed by atoms with Gasteiger partial charge in [-0.25, -0.2) is 29.9 Å². The summed E-state index contributed by atoms with van der Waals surface area (Å²) in [6, 6.07) is 36.2. The molecule has 6 aromatic carbocycles. The lowest BCUT2D eigenvalue weighted by Crippen LogP contribution is -2.05. The van der Waals surface area contributed by atoms with Crippen LogP contribution in [-0.4, -0.2) is 51.8 Å². The monoisotopic (exact) mass is 1010 g/mol. The lowest BCUT2D eigenvalue weighted by Gasteiger charge is -2.18. The molecule has 0 unspecified atom stereocenters. The van der Waals surface area contributed by atoms with Gasteiger partial charge in [-0.2, -0.15) is 0 Å². The van der Waals surface area contributed by atoms with Crippen molar-refractivity contribution in [2.45, 2.75) is 148 Å². The highest BCUT2D eigenvalue weighted by atomic mass is 16.5. The summed E-state index contributed by atoms with van der Waals surface area (Å²) in [4.78, 5) is 29.2. The molecule has 0 spiro atoms. The Morgan fingerprint density at radius 2 is 0.684 bits per heavy atom. The number of phenols is 3. The van der Waals surface area contributed by atoms with E-state index in [1.54, 1.807) is 12.1 Å². The molecule has 0 bridgehead atoms. The third kappa shape index (κ3) is 11.8. The standard InChI is InChI=1S/C37H43N3O2.C29H27N3O2/c1-2-3-4-5-6-11-22-42-32-20-21-33(34(41)25-32)37-39-35(30-18-16-26-12-7-9-14-28(26)23-30)38-36(40-37)31-19-17-27-13-8-10-15-29(27)24-31;33-24-13-14-25(26(34)17-24)29-31-27(22-11-9-18-5-1-3-7-20(18)15-22)30-28(32-29)23-12-10-19-6-2-4-8-21(19)16-23/h16-21,23-25,41H,2-15,22H2,1H3;9-17,33-34H,1-8H2. The summed E-state index contributed by atoms with van der Waals surface area (Å²) in [6.07, 6.45) is 26.0. The molecule has 0 radical (unpaired) electrons. The molecule has 388 valence electrons. The zero-order chi connectivity index (χ0) is 51.8. The number of hydrogen-bond acceptors (Lipinski definition) is 10. The van der Waals surface area contributed by atoms with Crippen LogP contribution < -0.4 is 4.74 Å². The highest BCUT2D eigenvalue weighted by molar-refractivity contribution is 5.73. The van der Waals surface area contributed by atoms with Gasteiger partial charge in [-0.1, -0.05) is 87.6 Å². The van der Waals surface area contributed by atoms with Gasteiger partial charge in [0.1, 0.15) is 23.0 Å². The van der Waals surface area contributed by atoms with Crippen LogP contribution in [0.25, 0.3) is 68.3 Å². The van der Waals surface area contributed by atoms with Gasteiger partial charge in [0.2, 0.25) is 0 Å². The first-order valence-corrected chi connectivity index (χ1v) is 28.3. The summed E-state index contributed by atoms with van der Waals surface area (Å²) in [5.41, 5.74) is 16.2. The Bertz CT molecular complexity index is 3210. The van der Waals surface area contributed by atoms with Crippen LogP contribution in [0.4, 0.5) is 0 Å². The first kappa shape index (κ1) is 50.7. The number of benzene rings is 6. The van der Waals surface area contributed by atoms with Crippen LogP contribution in [-0.2, 0) is 51.4 Å². The number of unbranched alkanes of at least 4 members (excludes halogenated alkanes) is 5. The maximum Gasteiger partial charge on any atom is 0.167 e. The van der Waals surface area contributed by atoms with E-state index in [9.17, 15) is 15.3 Å². The predicted octanol–water partition coefficient (Wildman–Crippen LogP) is 15.1. The lowest BCUT2D eigenvalue weighted by atomic mass is 9.90. The number of rotatable bonds is 14. The molecular weight excluding hydrogens is 941 g/mol. The van der Waals surface area contributed by atoms with E-state index >= 15 is 0 Å². The highest BCUT2D eigenvalue weighted by Crippen LogP contribution is 2.37. The smallest absolute Gasteiger partial charge is 0.167 e. The molecule has 0 saturated carbocycles. The molecular formula is C66H70N6O4. The first-order chi connectivity index (χ1) is 37.3. The molecule has 4 aliphatic rings. The third-order valence-electron chi connectivity index (χ3n) is 15.9. The summed E-state index contributed by atoms with van der Waals surface area (Å²) >= 11 is 0. The molecule has 4 aliphatic carbocycles. The molecule has 0 atom stereocenters. The van der Waals surface area contributed by atoms with Crippen molar-refractivity contribution in [1.29, 1.82) is 0 Å². The van der Waals surface area contributed by atoms with Crippen LogP contribution in [0.1, 0.15) is 141 Å². The van der Waals surface area contributed by atoms with Crippen molar-refractivity contribution >= 4 is 0 Å².